The van der Waals surface area contributed by atoms with Crippen molar-refractivity contribution in [2.45, 2.75) is 51.0 Å². The highest BCUT2D eigenvalue weighted by atomic mass is 35.5. The van der Waals surface area contributed by atoms with Gasteiger partial charge in [0.1, 0.15) is 21.6 Å². The molecule has 0 amide bonds. The number of ketones is 1. The smallest absolute Gasteiger partial charge is 0.181 e. The van der Waals surface area contributed by atoms with Gasteiger partial charge in [-0.2, -0.15) is 0 Å². The first-order valence-corrected chi connectivity index (χ1v) is 9.19. The molecule has 0 aromatic carbocycles. The molecule has 4 nitrogen and oxygen atoms in total. The maximum Gasteiger partial charge on any atom is 0.181 e. The molecule has 2 aromatic heterocycles. The van der Waals surface area contributed by atoms with E-state index in [1.165, 1.54) is 0 Å². The highest BCUT2D eigenvalue weighted by Crippen LogP contribution is 2.33. The van der Waals surface area contributed by atoms with Crippen molar-refractivity contribution in [1.29, 1.82) is 0 Å². The molecule has 0 bridgehead atoms. The number of aryl methyl sites for hydroxylation is 2. The van der Waals surface area contributed by atoms with Crippen LogP contribution < -0.4 is 0 Å². The Morgan fingerprint density at radius 3 is 2.36 bits per heavy atom. The first-order chi connectivity index (χ1) is 11.9. The lowest BCUT2D eigenvalue weighted by molar-refractivity contribution is 0.0340. The third-order valence-corrected chi connectivity index (χ3v) is 5.04. The summed E-state index contributed by atoms with van der Waals surface area (Å²) in [7, 11) is 0. The van der Waals surface area contributed by atoms with E-state index in [1.54, 1.807) is 19.1 Å². The van der Waals surface area contributed by atoms with Gasteiger partial charge in [-0.1, -0.05) is 35.3 Å². The molecule has 1 atom stereocenters. The van der Waals surface area contributed by atoms with Gasteiger partial charge < -0.3 is 5.11 Å². The van der Waals surface area contributed by atoms with Gasteiger partial charge >= 0.3 is 0 Å². The van der Waals surface area contributed by atoms with E-state index in [-0.39, 0.29) is 5.78 Å². The fourth-order valence-corrected chi connectivity index (χ4v) is 3.63. The van der Waals surface area contributed by atoms with Crippen molar-refractivity contribution < 1.29 is 9.90 Å². The van der Waals surface area contributed by atoms with Gasteiger partial charge in [0.25, 0.3) is 0 Å². The van der Waals surface area contributed by atoms with Crippen molar-refractivity contribution in [2.24, 2.45) is 0 Å². The largest absolute Gasteiger partial charge is 0.384 e. The summed E-state index contributed by atoms with van der Waals surface area (Å²) in [6, 6.07) is 7.36. The number of rotatable bonds is 0. The molecule has 132 valence electrons. The number of halogens is 2. The number of nitrogens with zero attached hydrogens (tertiary/aromatic N) is 2. The highest BCUT2D eigenvalue weighted by molar-refractivity contribution is 6.29. The lowest BCUT2D eigenvalue weighted by Gasteiger charge is -2.29. The van der Waals surface area contributed by atoms with Gasteiger partial charge in [-0.15, -0.1) is 0 Å². The molecule has 25 heavy (non-hydrogen) atoms. The van der Waals surface area contributed by atoms with Crippen molar-refractivity contribution in [2.75, 3.05) is 0 Å². The molecule has 2 aliphatic carbocycles. The van der Waals surface area contributed by atoms with Crippen LogP contribution in [0.2, 0.25) is 10.3 Å². The lowest BCUT2D eigenvalue weighted by Crippen LogP contribution is -2.28. The number of hydrogen-bond acceptors (Lipinski definition) is 4. The summed E-state index contributed by atoms with van der Waals surface area (Å²) in [5, 5.41) is 10.9. The zero-order valence-corrected chi connectivity index (χ0v) is 15.6. The quantitative estimate of drug-likeness (QED) is 0.683. The van der Waals surface area contributed by atoms with Crippen molar-refractivity contribution in [3.05, 3.63) is 57.1 Å². The zero-order valence-electron chi connectivity index (χ0n) is 14.1. The predicted molar refractivity (Wildman–Crippen MR) is 98.3 cm³/mol. The van der Waals surface area contributed by atoms with Crippen LogP contribution in [0.5, 0.6) is 0 Å². The minimum absolute atomic E-state index is 0.124. The van der Waals surface area contributed by atoms with Crippen LogP contribution in [0.3, 0.4) is 0 Å². The summed E-state index contributed by atoms with van der Waals surface area (Å²) < 4.78 is 0. The molecule has 0 fully saturated rings. The summed E-state index contributed by atoms with van der Waals surface area (Å²) in [5.41, 5.74) is 2.70. The number of carbonyl (C=O) groups is 1. The molecular formula is C19H20Cl2N2O2. The summed E-state index contributed by atoms with van der Waals surface area (Å²) in [5.74, 6) is 0.124. The van der Waals surface area contributed by atoms with E-state index in [4.69, 9.17) is 23.2 Å². The fraction of sp³-hybridized carbons (Fsp3) is 0.421. The molecule has 0 saturated carbocycles. The minimum Gasteiger partial charge on any atom is -0.384 e. The van der Waals surface area contributed by atoms with Crippen LogP contribution in [-0.2, 0) is 18.4 Å². The summed E-state index contributed by atoms with van der Waals surface area (Å²) >= 11 is 11.5. The Hall–Kier alpha value is -1.49. The maximum absolute atomic E-state index is 11.3. The van der Waals surface area contributed by atoms with Gasteiger partial charge in [-0.25, -0.2) is 9.97 Å². The van der Waals surface area contributed by atoms with E-state index in [2.05, 4.69) is 9.97 Å². The van der Waals surface area contributed by atoms with Gasteiger partial charge in [-0.3, -0.25) is 4.79 Å². The first-order valence-electron chi connectivity index (χ1n) is 8.44. The molecule has 4 rings (SSSR count). The number of aromatic nitrogens is 2. The summed E-state index contributed by atoms with van der Waals surface area (Å²) in [6.07, 6.45) is 5.28. The van der Waals surface area contributed by atoms with E-state index in [0.717, 1.165) is 48.9 Å². The molecule has 0 aliphatic heterocycles. The maximum atomic E-state index is 11.3. The standard InChI is InChI=1S/C10H12ClNO.C9H8ClNO/c1-10(13)6-2-3-7-4-5-8(11)12-9(7)10;10-8-5-4-6-2-1-3-7(12)9(6)11-8/h4-5,13H,2-3,6H2,1H3;4-5H,1-3H2. The molecule has 2 aliphatic rings. The number of Topliss-reactive ketones (excluding diaryl/α,β-unsaturated/α-hetero) is 1. The molecule has 0 saturated heterocycles. The van der Waals surface area contributed by atoms with Gasteiger partial charge in [0.05, 0.1) is 5.69 Å². The van der Waals surface area contributed by atoms with E-state index < -0.39 is 5.60 Å². The number of pyridine rings is 2. The number of fused-ring (bicyclic) bond motifs is 2. The SMILES string of the molecule is CC1(O)CCCc2ccc(Cl)nc21.O=C1CCCc2ccc(Cl)nc21. The fourth-order valence-electron chi connectivity index (χ4n) is 3.34. The van der Waals surface area contributed by atoms with Crippen LogP contribution >= 0.6 is 23.2 Å². The third-order valence-electron chi connectivity index (χ3n) is 4.62. The molecule has 0 spiro atoms. The Balaban J connectivity index is 0.000000146. The van der Waals surface area contributed by atoms with Crippen molar-refractivity contribution in [3.8, 4) is 0 Å². The molecule has 1 unspecified atom stereocenters. The summed E-state index contributed by atoms with van der Waals surface area (Å²) in [4.78, 5) is 19.5. The molecule has 0 radical (unpaired) electrons. The van der Waals surface area contributed by atoms with E-state index in [1.807, 2.05) is 12.1 Å². The Kier molecular flexibility index (Phi) is 5.42. The minimum atomic E-state index is -0.793. The predicted octanol–water partition coefficient (Wildman–Crippen LogP) is 4.53. The Morgan fingerprint density at radius 1 is 0.960 bits per heavy atom. The van der Waals surface area contributed by atoms with Gasteiger partial charge in [0.2, 0.25) is 0 Å². The van der Waals surface area contributed by atoms with E-state index in [0.29, 0.717) is 22.4 Å². The summed E-state index contributed by atoms with van der Waals surface area (Å²) in [6.45, 7) is 1.80. The first kappa shape index (κ1) is 18.3. The molecule has 2 heterocycles. The van der Waals surface area contributed by atoms with Crippen LogP contribution in [-0.4, -0.2) is 20.9 Å². The second kappa shape index (κ2) is 7.40. The third kappa shape index (κ3) is 4.20. The van der Waals surface area contributed by atoms with Gasteiger partial charge in [0, 0.05) is 6.42 Å². The van der Waals surface area contributed by atoms with Gasteiger partial charge in [-0.05, 0) is 62.3 Å². The number of aliphatic hydroxyl groups is 1. The van der Waals surface area contributed by atoms with Gasteiger partial charge in [0.15, 0.2) is 5.78 Å². The Bertz CT molecular complexity index is 806. The van der Waals surface area contributed by atoms with Crippen LogP contribution in [0, 0.1) is 0 Å². The van der Waals surface area contributed by atoms with Crippen LogP contribution in [0.4, 0.5) is 0 Å². The monoisotopic (exact) mass is 378 g/mol. The average Bonchev–Trinajstić information content (AvgIpc) is 2.57. The highest BCUT2D eigenvalue weighted by Gasteiger charge is 2.30. The van der Waals surface area contributed by atoms with E-state index in [9.17, 15) is 9.90 Å². The second-order valence-corrected chi connectivity index (χ2v) is 7.46. The molecular weight excluding hydrogens is 359 g/mol. The van der Waals surface area contributed by atoms with Crippen molar-refractivity contribution >= 4 is 29.0 Å². The average molecular weight is 379 g/mol. The van der Waals surface area contributed by atoms with Crippen LogP contribution in [0.1, 0.15) is 59.9 Å². The molecule has 1 N–H and O–H groups in total. The van der Waals surface area contributed by atoms with Crippen molar-refractivity contribution in [1.82, 2.24) is 9.97 Å². The Morgan fingerprint density at radius 2 is 1.60 bits per heavy atom. The topological polar surface area (TPSA) is 63.1 Å². The lowest BCUT2D eigenvalue weighted by atomic mass is 9.84. The number of hydrogen-bond donors (Lipinski definition) is 1. The van der Waals surface area contributed by atoms with Crippen LogP contribution in [0.15, 0.2) is 24.3 Å². The van der Waals surface area contributed by atoms with Crippen molar-refractivity contribution in [3.63, 3.8) is 0 Å². The Labute approximate surface area is 157 Å². The zero-order chi connectivity index (χ0) is 18.0. The molecule has 2 aromatic rings. The molecule has 6 heteroatoms. The second-order valence-electron chi connectivity index (χ2n) is 6.69. The normalized spacial score (nSPS) is 21.7. The van der Waals surface area contributed by atoms with E-state index >= 15 is 0 Å². The number of carbonyl (C=O) groups excluding carboxylic acids is 1. The van der Waals surface area contributed by atoms with Crippen LogP contribution in [0.25, 0.3) is 0 Å².